The fraction of sp³-hybridized carbons (Fsp3) is 0.417. The van der Waals surface area contributed by atoms with E-state index in [2.05, 4.69) is 41.1 Å². The van der Waals surface area contributed by atoms with Crippen LogP contribution in [-0.4, -0.2) is 68.3 Å². The van der Waals surface area contributed by atoms with Gasteiger partial charge < -0.3 is 19.7 Å². The predicted octanol–water partition coefficient (Wildman–Crippen LogP) is 3.24. The Morgan fingerprint density at radius 1 is 1.06 bits per heavy atom. The Kier molecular flexibility index (Phi) is 5.89. The van der Waals surface area contributed by atoms with Crippen LogP contribution in [0, 0.1) is 13.8 Å². The molecule has 1 fully saturated rings. The van der Waals surface area contributed by atoms with Gasteiger partial charge >= 0.3 is 0 Å². The zero-order valence-electron chi connectivity index (χ0n) is 18.5. The maximum atomic E-state index is 12.5. The van der Waals surface area contributed by atoms with Crippen molar-refractivity contribution in [2.45, 2.75) is 13.8 Å². The van der Waals surface area contributed by atoms with Gasteiger partial charge in [0.25, 0.3) is 5.91 Å². The number of carbonyl (C=O) groups is 1. The van der Waals surface area contributed by atoms with Gasteiger partial charge in [0.1, 0.15) is 13.2 Å². The number of anilines is 1. The fourth-order valence-corrected chi connectivity index (χ4v) is 5.34. The van der Waals surface area contributed by atoms with Crippen molar-refractivity contribution in [2.75, 3.05) is 57.4 Å². The molecule has 0 spiro atoms. The molecule has 2 aliphatic rings. The van der Waals surface area contributed by atoms with Crippen LogP contribution in [0.4, 0.5) is 5.13 Å². The molecule has 5 rings (SSSR count). The van der Waals surface area contributed by atoms with Crippen molar-refractivity contribution in [2.24, 2.45) is 0 Å². The standard InChI is InChI=1S/C24H28N4O3S/c1-16-13-17(2)22-19(14-16)26-24(32-22)28-9-7-27(8-10-28)6-5-25-23(29)18-3-4-20-21(15-18)31-12-11-30-20/h3-4,13-15H,5-12H2,1-2H3,(H,25,29). The molecule has 32 heavy (non-hydrogen) atoms. The van der Waals surface area contributed by atoms with Crippen LogP contribution in [0.3, 0.4) is 0 Å². The van der Waals surface area contributed by atoms with Gasteiger partial charge in [-0.15, -0.1) is 0 Å². The number of nitrogens with zero attached hydrogens (tertiary/aromatic N) is 3. The largest absolute Gasteiger partial charge is 0.486 e. The number of aryl methyl sites for hydroxylation is 2. The van der Waals surface area contributed by atoms with Gasteiger partial charge in [0.05, 0.1) is 10.2 Å². The first-order valence-corrected chi connectivity index (χ1v) is 11.9. The predicted molar refractivity (Wildman–Crippen MR) is 128 cm³/mol. The summed E-state index contributed by atoms with van der Waals surface area (Å²) < 4.78 is 12.4. The van der Waals surface area contributed by atoms with Crippen molar-refractivity contribution >= 4 is 32.6 Å². The molecule has 2 aromatic carbocycles. The van der Waals surface area contributed by atoms with Crippen molar-refractivity contribution in [1.82, 2.24) is 15.2 Å². The quantitative estimate of drug-likeness (QED) is 0.641. The van der Waals surface area contributed by atoms with Gasteiger partial charge in [0, 0.05) is 44.8 Å². The Balaban J connectivity index is 1.11. The van der Waals surface area contributed by atoms with E-state index in [9.17, 15) is 4.79 Å². The van der Waals surface area contributed by atoms with E-state index in [1.165, 1.54) is 15.8 Å². The summed E-state index contributed by atoms with van der Waals surface area (Å²) in [4.78, 5) is 22.2. The summed E-state index contributed by atoms with van der Waals surface area (Å²) in [6.45, 7) is 10.6. The normalized spacial score (nSPS) is 16.4. The first-order chi connectivity index (χ1) is 15.6. The lowest BCUT2D eigenvalue weighted by atomic mass is 10.1. The monoisotopic (exact) mass is 452 g/mol. The molecule has 8 heteroatoms. The van der Waals surface area contributed by atoms with Crippen molar-refractivity contribution in [3.63, 3.8) is 0 Å². The first-order valence-electron chi connectivity index (χ1n) is 11.1. The summed E-state index contributed by atoms with van der Waals surface area (Å²) >= 11 is 1.79. The van der Waals surface area contributed by atoms with Gasteiger partial charge in [-0.2, -0.15) is 0 Å². The molecule has 1 amide bonds. The maximum absolute atomic E-state index is 12.5. The molecule has 0 saturated carbocycles. The Hall–Kier alpha value is -2.84. The minimum Gasteiger partial charge on any atom is -0.486 e. The molecule has 168 valence electrons. The number of ether oxygens (including phenoxy) is 2. The molecule has 7 nitrogen and oxygen atoms in total. The van der Waals surface area contributed by atoms with Crippen molar-refractivity contribution in [3.8, 4) is 11.5 Å². The van der Waals surface area contributed by atoms with Crippen LogP contribution in [0.5, 0.6) is 11.5 Å². The van der Waals surface area contributed by atoms with E-state index in [1.54, 1.807) is 29.5 Å². The molecule has 3 aromatic rings. The molecule has 0 unspecified atom stereocenters. The maximum Gasteiger partial charge on any atom is 0.251 e. The zero-order chi connectivity index (χ0) is 22.1. The average molecular weight is 453 g/mol. The van der Waals surface area contributed by atoms with E-state index in [1.807, 2.05) is 0 Å². The minimum absolute atomic E-state index is 0.0826. The highest BCUT2D eigenvalue weighted by Gasteiger charge is 2.21. The summed E-state index contributed by atoms with van der Waals surface area (Å²) in [6, 6.07) is 9.73. The molecular formula is C24H28N4O3S. The molecule has 1 aromatic heterocycles. The number of amides is 1. The van der Waals surface area contributed by atoms with Crippen LogP contribution >= 0.6 is 11.3 Å². The number of hydrogen-bond acceptors (Lipinski definition) is 7. The molecule has 0 aliphatic carbocycles. The molecule has 0 atom stereocenters. The van der Waals surface area contributed by atoms with Crippen molar-refractivity contribution in [1.29, 1.82) is 0 Å². The van der Waals surface area contributed by atoms with Gasteiger partial charge in [-0.05, 0) is 49.2 Å². The van der Waals surface area contributed by atoms with Crippen LogP contribution in [0.2, 0.25) is 0 Å². The fourth-order valence-electron chi connectivity index (χ4n) is 4.28. The number of rotatable bonds is 5. The number of nitrogens with one attached hydrogen (secondary N) is 1. The second kappa shape index (κ2) is 8.96. The second-order valence-electron chi connectivity index (χ2n) is 8.37. The third-order valence-corrected chi connectivity index (χ3v) is 7.24. The summed E-state index contributed by atoms with van der Waals surface area (Å²) in [5.74, 6) is 1.25. The lowest BCUT2D eigenvalue weighted by Gasteiger charge is -2.34. The smallest absolute Gasteiger partial charge is 0.251 e. The van der Waals surface area contributed by atoms with E-state index in [4.69, 9.17) is 14.5 Å². The number of hydrogen-bond donors (Lipinski definition) is 1. The Labute approximate surface area is 191 Å². The number of piperazine rings is 1. The SMILES string of the molecule is Cc1cc(C)c2sc(N3CCN(CCNC(=O)c4ccc5c(c4)OCCO5)CC3)nc2c1. The van der Waals surface area contributed by atoms with Crippen LogP contribution in [-0.2, 0) is 0 Å². The third kappa shape index (κ3) is 4.38. The van der Waals surface area contributed by atoms with Crippen LogP contribution in [0.15, 0.2) is 30.3 Å². The van der Waals surface area contributed by atoms with E-state index < -0.39 is 0 Å². The number of carbonyl (C=O) groups excluding carboxylic acids is 1. The molecule has 2 aliphatic heterocycles. The molecular weight excluding hydrogens is 424 g/mol. The Morgan fingerprint density at radius 3 is 2.66 bits per heavy atom. The van der Waals surface area contributed by atoms with E-state index >= 15 is 0 Å². The first kappa shape index (κ1) is 21.0. The van der Waals surface area contributed by atoms with Gasteiger partial charge in [-0.1, -0.05) is 17.4 Å². The highest BCUT2D eigenvalue weighted by molar-refractivity contribution is 7.22. The lowest BCUT2D eigenvalue weighted by Crippen LogP contribution is -2.48. The highest BCUT2D eigenvalue weighted by atomic mass is 32.1. The summed E-state index contributed by atoms with van der Waals surface area (Å²) in [7, 11) is 0. The topological polar surface area (TPSA) is 66.9 Å². The zero-order valence-corrected chi connectivity index (χ0v) is 19.3. The number of fused-ring (bicyclic) bond motifs is 2. The lowest BCUT2D eigenvalue weighted by molar-refractivity contribution is 0.0946. The molecule has 0 radical (unpaired) electrons. The highest BCUT2D eigenvalue weighted by Crippen LogP contribution is 2.33. The molecule has 3 heterocycles. The minimum atomic E-state index is -0.0826. The molecule has 1 saturated heterocycles. The van der Waals surface area contributed by atoms with E-state index in [0.717, 1.165) is 43.4 Å². The van der Waals surface area contributed by atoms with Crippen LogP contribution in [0.1, 0.15) is 21.5 Å². The number of benzene rings is 2. The summed E-state index contributed by atoms with van der Waals surface area (Å²) in [5.41, 5.74) is 4.26. The van der Waals surface area contributed by atoms with E-state index in [-0.39, 0.29) is 5.91 Å². The van der Waals surface area contributed by atoms with Gasteiger partial charge in [-0.3, -0.25) is 9.69 Å². The summed E-state index contributed by atoms with van der Waals surface area (Å²) in [5, 5.41) is 4.14. The van der Waals surface area contributed by atoms with Crippen molar-refractivity contribution in [3.05, 3.63) is 47.0 Å². The van der Waals surface area contributed by atoms with Crippen LogP contribution in [0.25, 0.3) is 10.2 Å². The van der Waals surface area contributed by atoms with Gasteiger partial charge in [0.15, 0.2) is 16.6 Å². The second-order valence-corrected chi connectivity index (χ2v) is 9.35. The van der Waals surface area contributed by atoms with Gasteiger partial charge in [0.2, 0.25) is 0 Å². The number of thiazole rings is 1. The number of aromatic nitrogens is 1. The van der Waals surface area contributed by atoms with Crippen molar-refractivity contribution < 1.29 is 14.3 Å². The van der Waals surface area contributed by atoms with Gasteiger partial charge in [-0.25, -0.2) is 4.98 Å². The summed E-state index contributed by atoms with van der Waals surface area (Å²) in [6.07, 6.45) is 0. The molecule has 0 bridgehead atoms. The third-order valence-electron chi connectivity index (χ3n) is 5.97. The Bertz CT molecular complexity index is 1140. The Morgan fingerprint density at radius 2 is 1.84 bits per heavy atom. The average Bonchev–Trinajstić information content (AvgIpc) is 3.23. The van der Waals surface area contributed by atoms with Crippen LogP contribution < -0.4 is 19.7 Å². The van der Waals surface area contributed by atoms with E-state index in [0.29, 0.717) is 36.8 Å². The molecule has 1 N–H and O–H groups in total.